The Balaban J connectivity index is 2.10. The van der Waals surface area contributed by atoms with Crippen LogP contribution in [0.2, 0.25) is 0 Å². The van der Waals surface area contributed by atoms with Gasteiger partial charge in [0.2, 0.25) is 0 Å². The Morgan fingerprint density at radius 3 is 2.39 bits per heavy atom. The van der Waals surface area contributed by atoms with Gasteiger partial charge in [0.1, 0.15) is 0 Å². The monoisotopic (exact) mass is 250 g/mol. The molecule has 1 fully saturated rings. The predicted molar refractivity (Wildman–Crippen MR) is 65.6 cm³/mol. The average molecular weight is 250 g/mol. The van der Waals surface area contributed by atoms with Crippen molar-refractivity contribution in [3.8, 4) is 0 Å². The second-order valence-corrected chi connectivity index (χ2v) is 4.92. The quantitative estimate of drug-likeness (QED) is 0.565. The van der Waals surface area contributed by atoms with Gasteiger partial charge in [0.05, 0.1) is 14.2 Å². The number of hydrogen-bond donors (Lipinski definition) is 0. The summed E-state index contributed by atoms with van der Waals surface area (Å²) >= 11 is 0. The molecule has 2 rings (SSSR count). The molecule has 0 heterocycles. The summed E-state index contributed by atoms with van der Waals surface area (Å²) in [6.07, 6.45) is 9.30. The summed E-state index contributed by atoms with van der Waals surface area (Å²) in [5.74, 6) is -0.349. The Kier molecular flexibility index (Phi) is 3.55. The number of rotatable bonds is 4. The van der Waals surface area contributed by atoms with E-state index in [-0.39, 0.29) is 0 Å². The van der Waals surface area contributed by atoms with Crippen molar-refractivity contribution in [1.29, 1.82) is 0 Å². The standard InChI is InChI=1S/C14H18O4/c1-17-12(15)14(13(16)18-2)8-7-11(9-14)6-5-10-3-4-10/h5-7,10H,3-4,8-9H2,1-2H3/b6-5-. The highest BCUT2D eigenvalue weighted by molar-refractivity contribution is 6.01. The lowest BCUT2D eigenvalue weighted by Crippen LogP contribution is -2.39. The Morgan fingerprint density at radius 2 is 1.89 bits per heavy atom. The van der Waals surface area contributed by atoms with Gasteiger partial charge in [-0.15, -0.1) is 0 Å². The smallest absolute Gasteiger partial charge is 0.323 e. The molecular weight excluding hydrogens is 232 g/mol. The van der Waals surface area contributed by atoms with E-state index in [0.717, 1.165) is 5.57 Å². The van der Waals surface area contributed by atoms with Crippen LogP contribution in [0, 0.1) is 11.3 Å². The zero-order valence-corrected chi connectivity index (χ0v) is 10.8. The number of esters is 2. The van der Waals surface area contributed by atoms with E-state index in [1.807, 2.05) is 12.2 Å². The fraction of sp³-hybridized carbons (Fsp3) is 0.571. The van der Waals surface area contributed by atoms with Gasteiger partial charge < -0.3 is 9.47 Å². The van der Waals surface area contributed by atoms with Crippen LogP contribution < -0.4 is 0 Å². The molecule has 2 aliphatic carbocycles. The maximum atomic E-state index is 11.9. The van der Waals surface area contributed by atoms with Crippen LogP contribution in [0.1, 0.15) is 25.7 Å². The third-order valence-corrected chi connectivity index (χ3v) is 3.58. The maximum Gasteiger partial charge on any atom is 0.323 e. The number of carbonyl (C=O) groups excluding carboxylic acids is 2. The largest absolute Gasteiger partial charge is 0.468 e. The van der Waals surface area contributed by atoms with Crippen LogP contribution in [0.3, 0.4) is 0 Å². The molecule has 98 valence electrons. The number of allylic oxidation sites excluding steroid dienone is 4. The van der Waals surface area contributed by atoms with Crippen molar-refractivity contribution in [3.05, 3.63) is 23.8 Å². The molecule has 0 aromatic rings. The van der Waals surface area contributed by atoms with E-state index in [0.29, 0.717) is 18.8 Å². The van der Waals surface area contributed by atoms with Crippen molar-refractivity contribution < 1.29 is 19.1 Å². The lowest BCUT2D eigenvalue weighted by Gasteiger charge is -2.22. The highest BCUT2D eigenvalue weighted by Gasteiger charge is 2.50. The molecular formula is C14H18O4. The summed E-state index contributed by atoms with van der Waals surface area (Å²) < 4.78 is 9.50. The van der Waals surface area contributed by atoms with Crippen LogP contribution in [0.4, 0.5) is 0 Å². The van der Waals surface area contributed by atoms with E-state index in [1.165, 1.54) is 27.1 Å². The second-order valence-electron chi connectivity index (χ2n) is 4.92. The second kappa shape index (κ2) is 4.96. The van der Waals surface area contributed by atoms with Crippen LogP contribution in [0.15, 0.2) is 23.8 Å². The fourth-order valence-corrected chi connectivity index (χ4v) is 2.26. The average Bonchev–Trinajstić information content (AvgIpc) is 3.13. The summed E-state index contributed by atoms with van der Waals surface area (Å²) in [7, 11) is 2.59. The van der Waals surface area contributed by atoms with Gasteiger partial charge in [0, 0.05) is 0 Å². The molecule has 0 unspecified atom stereocenters. The first kappa shape index (κ1) is 12.9. The van der Waals surface area contributed by atoms with Crippen LogP contribution in [0.5, 0.6) is 0 Å². The van der Waals surface area contributed by atoms with Gasteiger partial charge in [0.15, 0.2) is 5.41 Å². The number of ether oxygens (including phenoxy) is 2. The number of hydrogen-bond acceptors (Lipinski definition) is 4. The Morgan fingerprint density at radius 1 is 1.28 bits per heavy atom. The molecule has 0 aliphatic heterocycles. The normalized spacial score (nSPS) is 21.8. The first-order valence-corrected chi connectivity index (χ1v) is 6.16. The molecule has 0 saturated heterocycles. The van der Waals surface area contributed by atoms with Crippen molar-refractivity contribution >= 4 is 11.9 Å². The predicted octanol–water partition coefficient (Wildman–Crippen LogP) is 2.01. The van der Waals surface area contributed by atoms with E-state index in [1.54, 1.807) is 0 Å². The van der Waals surface area contributed by atoms with Crippen molar-refractivity contribution in [3.63, 3.8) is 0 Å². The third-order valence-electron chi connectivity index (χ3n) is 3.58. The van der Waals surface area contributed by atoms with E-state index >= 15 is 0 Å². The summed E-state index contributed by atoms with van der Waals surface area (Å²) in [5.41, 5.74) is -0.162. The minimum atomic E-state index is -1.17. The van der Waals surface area contributed by atoms with Crippen LogP contribution in [-0.4, -0.2) is 26.2 Å². The molecule has 0 aromatic heterocycles. The van der Waals surface area contributed by atoms with Gasteiger partial charge in [-0.1, -0.05) is 23.8 Å². The van der Waals surface area contributed by atoms with Crippen molar-refractivity contribution in [2.75, 3.05) is 14.2 Å². The van der Waals surface area contributed by atoms with Gasteiger partial charge in [-0.25, -0.2) is 0 Å². The molecule has 0 bridgehead atoms. The van der Waals surface area contributed by atoms with Crippen LogP contribution in [0.25, 0.3) is 0 Å². The molecule has 4 heteroatoms. The zero-order valence-electron chi connectivity index (χ0n) is 10.8. The van der Waals surface area contributed by atoms with Crippen molar-refractivity contribution in [1.82, 2.24) is 0 Å². The van der Waals surface area contributed by atoms with Crippen LogP contribution in [-0.2, 0) is 19.1 Å². The van der Waals surface area contributed by atoms with Crippen molar-refractivity contribution in [2.45, 2.75) is 25.7 Å². The van der Waals surface area contributed by atoms with E-state index in [9.17, 15) is 9.59 Å². The SMILES string of the molecule is COC(=O)C1(C(=O)OC)CC=C(/C=C\C2CC2)C1. The van der Waals surface area contributed by atoms with Crippen LogP contribution >= 0.6 is 0 Å². The van der Waals surface area contributed by atoms with Gasteiger partial charge >= 0.3 is 11.9 Å². The number of carbonyl (C=O) groups is 2. The minimum absolute atomic E-state index is 0.358. The van der Waals surface area contributed by atoms with Gasteiger partial charge in [-0.3, -0.25) is 9.59 Å². The van der Waals surface area contributed by atoms with E-state index in [2.05, 4.69) is 6.08 Å². The molecule has 0 N–H and O–H groups in total. The van der Waals surface area contributed by atoms with Gasteiger partial charge in [-0.05, 0) is 31.6 Å². The molecule has 1 saturated carbocycles. The summed E-state index contributed by atoms with van der Waals surface area (Å²) in [6, 6.07) is 0. The van der Waals surface area contributed by atoms with E-state index in [4.69, 9.17) is 9.47 Å². The molecule has 0 spiro atoms. The lowest BCUT2D eigenvalue weighted by molar-refractivity contribution is -0.168. The molecule has 0 aromatic carbocycles. The third kappa shape index (κ3) is 2.33. The Bertz CT molecular complexity index is 400. The zero-order chi connectivity index (χ0) is 13.2. The highest BCUT2D eigenvalue weighted by atomic mass is 16.5. The summed E-state index contributed by atoms with van der Waals surface area (Å²) in [5, 5.41) is 0. The summed E-state index contributed by atoms with van der Waals surface area (Å²) in [4.78, 5) is 23.7. The molecule has 2 aliphatic rings. The highest BCUT2D eigenvalue weighted by Crippen LogP contribution is 2.41. The lowest BCUT2D eigenvalue weighted by atomic mass is 9.84. The topological polar surface area (TPSA) is 52.6 Å². The van der Waals surface area contributed by atoms with Gasteiger partial charge in [0.25, 0.3) is 0 Å². The Labute approximate surface area is 107 Å². The molecule has 18 heavy (non-hydrogen) atoms. The maximum absolute atomic E-state index is 11.9. The Hall–Kier alpha value is -1.58. The molecule has 0 amide bonds. The fourth-order valence-electron chi connectivity index (χ4n) is 2.26. The first-order valence-electron chi connectivity index (χ1n) is 6.16. The van der Waals surface area contributed by atoms with E-state index < -0.39 is 17.4 Å². The minimum Gasteiger partial charge on any atom is -0.468 e. The molecule has 0 atom stereocenters. The molecule has 4 nitrogen and oxygen atoms in total. The summed E-state index contributed by atoms with van der Waals surface area (Å²) in [6.45, 7) is 0. The number of methoxy groups -OCH3 is 2. The first-order chi connectivity index (χ1) is 8.62. The van der Waals surface area contributed by atoms with Crippen molar-refractivity contribution in [2.24, 2.45) is 11.3 Å². The van der Waals surface area contributed by atoms with Gasteiger partial charge in [-0.2, -0.15) is 0 Å². The molecule has 0 radical (unpaired) electrons.